The van der Waals surface area contributed by atoms with Crippen LogP contribution in [0.3, 0.4) is 0 Å². The van der Waals surface area contributed by atoms with E-state index in [0.717, 1.165) is 41.5 Å². The SMILES string of the molecule is O=C(/C=C/C(=O)c1ccc(F)c(F)c1)Nc1ccccc1Cc1ccccc1. The number of anilines is 1. The van der Waals surface area contributed by atoms with Gasteiger partial charge in [0.1, 0.15) is 0 Å². The van der Waals surface area contributed by atoms with E-state index in [-0.39, 0.29) is 5.56 Å². The fourth-order valence-corrected chi connectivity index (χ4v) is 2.68. The summed E-state index contributed by atoms with van der Waals surface area (Å²) >= 11 is 0. The highest BCUT2D eigenvalue weighted by Gasteiger charge is 2.09. The van der Waals surface area contributed by atoms with Gasteiger partial charge in [-0.2, -0.15) is 0 Å². The van der Waals surface area contributed by atoms with E-state index < -0.39 is 23.3 Å². The zero-order valence-corrected chi connectivity index (χ0v) is 14.9. The molecule has 0 saturated heterocycles. The molecular formula is C23H17F2NO2. The molecule has 0 fully saturated rings. The molecule has 0 atom stereocenters. The van der Waals surface area contributed by atoms with Crippen LogP contribution >= 0.6 is 0 Å². The highest BCUT2D eigenvalue weighted by atomic mass is 19.2. The number of allylic oxidation sites excluding steroid dienone is 1. The van der Waals surface area contributed by atoms with Gasteiger partial charge in [0.25, 0.3) is 0 Å². The quantitative estimate of drug-likeness (QED) is 0.489. The Balaban J connectivity index is 1.68. The minimum Gasteiger partial charge on any atom is -0.322 e. The number of hydrogen-bond acceptors (Lipinski definition) is 2. The molecule has 1 N–H and O–H groups in total. The van der Waals surface area contributed by atoms with E-state index in [4.69, 9.17) is 0 Å². The molecule has 28 heavy (non-hydrogen) atoms. The Labute approximate surface area is 161 Å². The molecule has 0 radical (unpaired) electrons. The zero-order valence-electron chi connectivity index (χ0n) is 14.9. The summed E-state index contributed by atoms with van der Waals surface area (Å²) in [4.78, 5) is 24.2. The van der Waals surface area contributed by atoms with Crippen LogP contribution in [0.1, 0.15) is 21.5 Å². The maximum absolute atomic E-state index is 13.2. The minimum atomic E-state index is -1.11. The lowest BCUT2D eigenvalue weighted by atomic mass is 10.0. The van der Waals surface area contributed by atoms with Crippen LogP contribution in [0, 0.1) is 11.6 Å². The molecule has 0 unspecified atom stereocenters. The minimum absolute atomic E-state index is 0.0348. The molecule has 0 spiro atoms. The Bertz CT molecular complexity index is 1030. The summed E-state index contributed by atoms with van der Waals surface area (Å²) in [5, 5.41) is 2.75. The van der Waals surface area contributed by atoms with Crippen molar-refractivity contribution in [2.75, 3.05) is 5.32 Å². The van der Waals surface area contributed by atoms with E-state index in [1.807, 2.05) is 42.5 Å². The maximum Gasteiger partial charge on any atom is 0.248 e. The molecule has 0 aliphatic carbocycles. The van der Waals surface area contributed by atoms with E-state index in [1.54, 1.807) is 12.1 Å². The molecule has 1 amide bonds. The smallest absolute Gasteiger partial charge is 0.248 e. The first-order valence-corrected chi connectivity index (χ1v) is 8.63. The Morgan fingerprint density at radius 1 is 0.821 bits per heavy atom. The second-order valence-electron chi connectivity index (χ2n) is 6.14. The van der Waals surface area contributed by atoms with Gasteiger partial charge in [0.05, 0.1) is 0 Å². The van der Waals surface area contributed by atoms with Crippen LogP contribution < -0.4 is 5.32 Å². The summed E-state index contributed by atoms with van der Waals surface area (Å²) in [6.07, 6.45) is 2.75. The lowest BCUT2D eigenvalue weighted by Crippen LogP contribution is -2.11. The average Bonchev–Trinajstić information content (AvgIpc) is 2.70. The number of hydrogen-bond donors (Lipinski definition) is 1. The van der Waals surface area contributed by atoms with Crippen molar-refractivity contribution in [1.29, 1.82) is 0 Å². The Morgan fingerprint density at radius 2 is 1.54 bits per heavy atom. The first-order valence-electron chi connectivity index (χ1n) is 8.63. The highest BCUT2D eigenvalue weighted by Crippen LogP contribution is 2.19. The fraction of sp³-hybridized carbons (Fsp3) is 0.0435. The third-order valence-electron chi connectivity index (χ3n) is 4.10. The largest absolute Gasteiger partial charge is 0.322 e. The fourth-order valence-electron chi connectivity index (χ4n) is 2.68. The van der Waals surface area contributed by atoms with Gasteiger partial charge in [-0.25, -0.2) is 8.78 Å². The molecule has 3 aromatic carbocycles. The van der Waals surface area contributed by atoms with Crippen LogP contribution in [0.4, 0.5) is 14.5 Å². The van der Waals surface area contributed by atoms with Gasteiger partial charge in [-0.3, -0.25) is 9.59 Å². The second-order valence-corrected chi connectivity index (χ2v) is 6.14. The Morgan fingerprint density at radius 3 is 2.29 bits per heavy atom. The van der Waals surface area contributed by atoms with Crippen LogP contribution in [-0.2, 0) is 11.2 Å². The summed E-state index contributed by atoms with van der Waals surface area (Å²) in [7, 11) is 0. The van der Waals surface area contributed by atoms with Gasteiger partial charge in [0, 0.05) is 17.3 Å². The van der Waals surface area contributed by atoms with Crippen molar-refractivity contribution in [2.24, 2.45) is 0 Å². The second kappa shape index (κ2) is 8.86. The number of carbonyl (C=O) groups excluding carboxylic acids is 2. The molecule has 0 aromatic heterocycles. The number of carbonyl (C=O) groups is 2. The predicted octanol–water partition coefficient (Wildman–Crippen LogP) is 4.93. The highest BCUT2D eigenvalue weighted by molar-refractivity contribution is 6.09. The molecule has 140 valence electrons. The number of amides is 1. The Kier molecular flexibility index (Phi) is 6.07. The topological polar surface area (TPSA) is 46.2 Å². The number of rotatable bonds is 6. The van der Waals surface area contributed by atoms with Crippen molar-refractivity contribution in [1.82, 2.24) is 0 Å². The average molecular weight is 377 g/mol. The molecule has 3 rings (SSSR count). The molecule has 0 heterocycles. The molecular weight excluding hydrogens is 360 g/mol. The third-order valence-corrected chi connectivity index (χ3v) is 4.10. The van der Waals surface area contributed by atoms with Crippen molar-refractivity contribution in [3.8, 4) is 0 Å². The van der Waals surface area contributed by atoms with Crippen LogP contribution in [0.5, 0.6) is 0 Å². The lowest BCUT2D eigenvalue weighted by molar-refractivity contribution is -0.111. The molecule has 5 heteroatoms. The van der Waals surface area contributed by atoms with Gasteiger partial charge in [0.2, 0.25) is 5.91 Å². The standard InChI is InChI=1S/C23H17F2NO2/c24-19-11-10-18(15-20(19)25)22(27)12-13-23(28)26-21-9-5-4-8-17(21)14-16-6-2-1-3-7-16/h1-13,15H,14H2,(H,26,28)/b13-12+. The molecule has 0 bridgehead atoms. The first-order chi connectivity index (χ1) is 13.5. The Hall–Kier alpha value is -3.60. The monoisotopic (exact) mass is 377 g/mol. The van der Waals surface area contributed by atoms with Gasteiger partial charge >= 0.3 is 0 Å². The van der Waals surface area contributed by atoms with E-state index in [0.29, 0.717) is 12.1 Å². The summed E-state index contributed by atoms with van der Waals surface area (Å²) in [6, 6.07) is 20.1. The summed E-state index contributed by atoms with van der Waals surface area (Å²) < 4.78 is 26.2. The van der Waals surface area contributed by atoms with E-state index in [2.05, 4.69) is 5.32 Å². The van der Waals surface area contributed by atoms with E-state index in [9.17, 15) is 18.4 Å². The first kappa shape index (κ1) is 19.2. The molecule has 0 saturated carbocycles. The van der Waals surface area contributed by atoms with Crippen LogP contribution in [0.15, 0.2) is 84.9 Å². The van der Waals surface area contributed by atoms with Gasteiger partial charge in [-0.1, -0.05) is 48.5 Å². The summed E-state index contributed by atoms with van der Waals surface area (Å²) in [6.45, 7) is 0. The lowest BCUT2D eigenvalue weighted by Gasteiger charge is -2.10. The van der Waals surface area contributed by atoms with Crippen molar-refractivity contribution in [3.05, 3.63) is 113 Å². The normalized spacial score (nSPS) is 10.8. The number of benzene rings is 3. The van der Waals surface area contributed by atoms with Crippen molar-refractivity contribution < 1.29 is 18.4 Å². The van der Waals surface area contributed by atoms with Gasteiger partial charge in [0.15, 0.2) is 17.4 Å². The van der Waals surface area contributed by atoms with Crippen LogP contribution in [0.25, 0.3) is 0 Å². The molecule has 0 aliphatic rings. The number of nitrogens with one attached hydrogen (secondary N) is 1. The van der Waals surface area contributed by atoms with Gasteiger partial charge in [-0.05, 0) is 47.9 Å². The van der Waals surface area contributed by atoms with Crippen molar-refractivity contribution >= 4 is 17.4 Å². The maximum atomic E-state index is 13.2. The number of halogens is 2. The molecule has 3 aromatic rings. The number of para-hydroxylation sites is 1. The van der Waals surface area contributed by atoms with Gasteiger partial charge < -0.3 is 5.32 Å². The molecule has 0 aliphatic heterocycles. The van der Waals surface area contributed by atoms with Crippen molar-refractivity contribution in [2.45, 2.75) is 6.42 Å². The van der Waals surface area contributed by atoms with Crippen molar-refractivity contribution in [3.63, 3.8) is 0 Å². The molecule has 3 nitrogen and oxygen atoms in total. The number of ketones is 1. The summed E-state index contributed by atoms with van der Waals surface area (Å²) in [5.41, 5.74) is 2.64. The summed E-state index contributed by atoms with van der Waals surface area (Å²) in [5.74, 6) is -3.23. The van der Waals surface area contributed by atoms with Crippen LogP contribution in [0.2, 0.25) is 0 Å². The predicted molar refractivity (Wildman–Crippen MR) is 104 cm³/mol. The van der Waals surface area contributed by atoms with E-state index in [1.165, 1.54) is 0 Å². The zero-order chi connectivity index (χ0) is 19.9. The van der Waals surface area contributed by atoms with Gasteiger partial charge in [-0.15, -0.1) is 0 Å². The van der Waals surface area contributed by atoms with Crippen LogP contribution in [-0.4, -0.2) is 11.7 Å². The third kappa shape index (κ3) is 4.98. The van der Waals surface area contributed by atoms with E-state index >= 15 is 0 Å².